The molecule has 0 aliphatic heterocycles. The van der Waals surface area contributed by atoms with Crippen molar-refractivity contribution in [3.8, 4) is 0 Å². The average Bonchev–Trinajstić information content (AvgIpc) is 2.51. The van der Waals surface area contributed by atoms with E-state index in [0.29, 0.717) is 13.2 Å². The summed E-state index contributed by atoms with van der Waals surface area (Å²) in [5.74, 6) is 0. The molecule has 5 heteroatoms. The average molecular weight is 334 g/mol. The van der Waals surface area contributed by atoms with Crippen molar-refractivity contribution < 1.29 is 13.3 Å². The van der Waals surface area contributed by atoms with Crippen LogP contribution in [0.2, 0.25) is 19.6 Å². The molecule has 0 aliphatic rings. The Balaban J connectivity index is 1.90. The van der Waals surface area contributed by atoms with E-state index >= 15 is 0 Å². The van der Waals surface area contributed by atoms with Crippen molar-refractivity contribution in [2.24, 2.45) is 0 Å². The maximum atomic E-state index is 6.04. The molecule has 0 spiro atoms. The lowest BCUT2D eigenvalue weighted by atomic mass is 10.2. The van der Waals surface area contributed by atoms with Crippen LogP contribution < -0.4 is 0 Å². The van der Waals surface area contributed by atoms with Crippen molar-refractivity contribution in [1.82, 2.24) is 0 Å². The molecular weight excluding hydrogens is 311 g/mol. The minimum atomic E-state index is -1.72. The summed E-state index contributed by atoms with van der Waals surface area (Å²) in [6.07, 6.45) is 0. The first-order chi connectivity index (χ1) is 10.5. The van der Waals surface area contributed by atoms with Crippen LogP contribution in [0.25, 0.3) is 0 Å². The van der Waals surface area contributed by atoms with Gasteiger partial charge < -0.3 is 13.3 Å². The molecule has 0 aliphatic carbocycles. The van der Waals surface area contributed by atoms with E-state index in [1.54, 1.807) is 0 Å². The van der Waals surface area contributed by atoms with Gasteiger partial charge in [0.2, 0.25) is 0 Å². The standard InChI is InChI=1S/C17H23O3PSi/c1-22(2,3)20-21(18-14-16-10-6-4-7-11-16)19-15-17-12-8-5-9-13-17/h4-13H,14-15H2,1-3H3. The van der Waals surface area contributed by atoms with Crippen molar-refractivity contribution in [3.63, 3.8) is 0 Å². The summed E-state index contributed by atoms with van der Waals surface area (Å²) in [4.78, 5) is 0. The Morgan fingerprint density at radius 2 is 1.14 bits per heavy atom. The largest absolute Gasteiger partial charge is 0.354 e. The number of hydrogen-bond donors (Lipinski definition) is 0. The van der Waals surface area contributed by atoms with Gasteiger partial charge in [0.1, 0.15) is 0 Å². The summed E-state index contributed by atoms with van der Waals surface area (Å²) in [5.41, 5.74) is 2.25. The third-order valence-electron chi connectivity index (χ3n) is 2.71. The van der Waals surface area contributed by atoms with Gasteiger partial charge in [-0.05, 0) is 30.8 Å². The molecule has 22 heavy (non-hydrogen) atoms. The van der Waals surface area contributed by atoms with Crippen molar-refractivity contribution in [2.75, 3.05) is 0 Å². The Labute approximate surface area is 135 Å². The fraction of sp³-hybridized carbons (Fsp3) is 0.294. The topological polar surface area (TPSA) is 27.7 Å². The summed E-state index contributed by atoms with van der Waals surface area (Å²) in [7, 11) is -3.05. The first-order valence-electron chi connectivity index (χ1n) is 7.36. The molecule has 3 nitrogen and oxygen atoms in total. The zero-order chi connectivity index (χ0) is 15.8. The molecule has 0 saturated heterocycles. The fourth-order valence-corrected chi connectivity index (χ4v) is 4.51. The highest BCUT2D eigenvalue weighted by atomic mass is 31.2. The molecule has 0 atom stereocenters. The molecule has 0 heterocycles. The van der Waals surface area contributed by atoms with Gasteiger partial charge in [0.25, 0.3) is 0 Å². The van der Waals surface area contributed by atoms with E-state index in [1.165, 1.54) is 0 Å². The predicted molar refractivity (Wildman–Crippen MR) is 93.8 cm³/mol. The highest BCUT2D eigenvalue weighted by Crippen LogP contribution is 2.44. The highest BCUT2D eigenvalue weighted by Gasteiger charge is 2.24. The van der Waals surface area contributed by atoms with E-state index in [4.69, 9.17) is 13.3 Å². The first-order valence-corrected chi connectivity index (χ1v) is 11.9. The van der Waals surface area contributed by atoms with Gasteiger partial charge in [-0.2, -0.15) is 0 Å². The first kappa shape index (κ1) is 17.3. The van der Waals surface area contributed by atoms with E-state index in [-0.39, 0.29) is 0 Å². The third kappa shape index (κ3) is 6.82. The molecule has 0 amide bonds. The van der Waals surface area contributed by atoms with Crippen molar-refractivity contribution >= 4 is 16.9 Å². The molecule has 0 bridgehead atoms. The normalized spacial score (nSPS) is 11.8. The summed E-state index contributed by atoms with van der Waals surface area (Å²) in [6.45, 7) is 7.43. The van der Waals surface area contributed by atoms with E-state index in [2.05, 4.69) is 19.6 Å². The van der Waals surface area contributed by atoms with E-state index in [0.717, 1.165) is 11.1 Å². The summed E-state index contributed by atoms with van der Waals surface area (Å²) >= 11 is 0. The van der Waals surface area contributed by atoms with Gasteiger partial charge in [-0.3, -0.25) is 0 Å². The second kappa shape index (κ2) is 8.56. The molecule has 0 saturated carbocycles. The van der Waals surface area contributed by atoms with Gasteiger partial charge in [0.05, 0.1) is 13.2 Å². The molecule has 2 aromatic rings. The Morgan fingerprint density at radius 3 is 1.50 bits per heavy atom. The molecular formula is C17H23O3PSi. The molecule has 118 valence electrons. The fourth-order valence-electron chi connectivity index (χ4n) is 1.72. The Morgan fingerprint density at radius 1 is 0.727 bits per heavy atom. The van der Waals surface area contributed by atoms with Crippen LogP contribution >= 0.6 is 8.60 Å². The molecule has 2 aromatic carbocycles. The lowest BCUT2D eigenvalue weighted by Crippen LogP contribution is -2.23. The van der Waals surface area contributed by atoms with E-state index in [1.807, 2.05) is 60.7 Å². The van der Waals surface area contributed by atoms with Crippen molar-refractivity contribution in [3.05, 3.63) is 71.8 Å². The summed E-state index contributed by atoms with van der Waals surface area (Å²) < 4.78 is 17.8. The second-order valence-corrected chi connectivity index (χ2v) is 11.9. The lowest BCUT2D eigenvalue weighted by Gasteiger charge is -2.24. The van der Waals surface area contributed by atoms with Crippen LogP contribution in [-0.4, -0.2) is 8.32 Å². The van der Waals surface area contributed by atoms with Crippen molar-refractivity contribution in [1.29, 1.82) is 0 Å². The number of hydrogen-bond acceptors (Lipinski definition) is 3. The molecule has 0 unspecified atom stereocenters. The quantitative estimate of drug-likeness (QED) is 0.471. The van der Waals surface area contributed by atoms with Gasteiger partial charge in [-0.1, -0.05) is 60.7 Å². The lowest BCUT2D eigenvalue weighted by molar-refractivity contribution is 0.191. The summed E-state index contributed by atoms with van der Waals surface area (Å²) in [5, 5.41) is 0. The molecule has 0 N–H and O–H groups in total. The number of rotatable bonds is 8. The predicted octanol–water partition coefficient (Wildman–Crippen LogP) is 5.50. The Kier molecular flexibility index (Phi) is 6.74. The van der Waals surface area contributed by atoms with Crippen LogP contribution in [0.5, 0.6) is 0 Å². The Bertz CT molecular complexity index is 499. The SMILES string of the molecule is C[Si](C)(C)OP(OCc1ccccc1)OCc1ccccc1. The minimum absolute atomic E-state index is 0.506. The monoisotopic (exact) mass is 334 g/mol. The molecule has 0 radical (unpaired) electrons. The van der Waals surface area contributed by atoms with Crippen LogP contribution in [0, 0.1) is 0 Å². The van der Waals surface area contributed by atoms with Crippen LogP contribution in [0.3, 0.4) is 0 Å². The van der Waals surface area contributed by atoms with Gasteiger partial charge in [-0.15, -0.1) is 0 Å². The maximum Gasteiger partial charge on any atom is 0.322 e. The summed E-state index contributed by atoms with van der Waals surface area (Å²) in [6, 6.07) is 20.2. The second-order valence-electron chi connectivity index (χ2n) is 5.95. The number of benzene rings is 2. The minimum Gasteiger partial charge on any atom is -0.354 e. The van der Waals surface area contributed by atoms with Gasteiger partial charge in [-0.25, -0.2) is 0 Å². The van der Waals surface area contributed by atoms with Crippen LogP contribution in [-0.2, 0) is 26.5 Å². The third-order valence-corrected chi connectivity index (χ3v) is 6.17. The smallest absolute Gasteiger partial charge is 0.322 e. The molecule has 2 rings (SSSR count). The van der Waals surface area contributed by atoms with Crippen LogP contribution in [0.4, 0.5) is 0 Å². The van der Waals surface area contributed by atoms with E-state index in [9.17, 15) is 0 Å². The van der Waals surface area contributed by atoms with Crippen molar-refractivity contribution in [2.45, 2.75) is 32.9 Å². The van der Waals surface area contributed by atoms with Crippen LogP contribution in [0.1, 0.15) is 11.1 Å². The highest BCUT2D eigenvalue weighted by molar-refractivity contribution is 7.43. The van der Waals surface area contributed by atoms with Crippen LogP contribution in [0.15, 0.2) is 60.7 Å². The molecule has 0 fully saturated rings. The zero-order valence-electron chi connectivity index (χ0n) is 13.4. The molecule has 0 aromatic heterocycles. The van der Waals surface area contributed by atoms with Gasteiger partial charge >= 0.3 is 8.60 Å². The maximum absolute atomic E-state index is 6.04. The Hall–Kier alpha value is -1.03. The zero-order valence-corrected chi connectivity index (χ0v) is 15.3. The van der Waals surface area contributed by atoms with E-state index < -0.39 is 16.9 Å². The van der Waals surface area contributed by atoms with Gasteiger partial charge in [0, 0.05) is 0 Å². The van der Waals surface area contributed by atoms with Gasteiger partial charge in [0.15, 0.2) is 8.32 Å².